The van der Waals surface area contributed by atoms with Crippen LogP contribution in [-0.2, 0) is 4.79 Å². The molecule has 1 aliphatic rings. The first-order valence-electron chi connectivity index (χ1n) is 5.40. The van der Waals surface area contributed by atoms with E-state index in [-0.39, 0.29) is 5.78 Å². The lowest BCUT2D eigenvalue weighted by Crippen LogP contribution is -2.09. The topological polar surface area (TPSA) is 41.8 Å². The number of carbonyl (C=O) groups is 1. The first-order chi connectivity index (χ1) is 6.83. The SMILES string of the molecule is CCCCCC(=O)CC1=NCCC=N1. The molecule has 1 heterocycles. The van der Waals surface area contributed by atoms with Crippen LogP contribution in [0.5, 0.6) is 0 Å². The lowest BCUT2D eigenvalue weighted by Gasteiger charge is -2.04. The van der Waals surface area contributed by atoms with Gasteiger partial charge in [-0.3, -0.25) is 9.79 Å². The fourth-order valence-corrected chi connectivity index (χ4v) is 1.40. The minimum absolute atomic E-state index is 0.274. The summed E-state index contributed by atoms with van der Waals surface area (Å²) in [6.45, 7) is 2.93. The van der Waals surface area contributed by atoms with Crippen LogP contribution in [0.25, 0.3) is 0 Å². The van der Waals surface area contributed by atoms with E-state index in [0.717, 1.165) is 38.1 Å². The number of hydrogen-bond acceptors (Lipinski definition) is 3. The maximum atomic E-state index is 11.4. The monoisotopic (exact) mass is 194 g/mol. The van der Waals surface area contributed by atoms with Crippen molar-refractivity contribution in [2.75, 3.05) is 6.54 Å². The lowest BCUT2D eigenvalue weighted by atomic mass is 10.1. The van der Waals surface area contributed by atoms with Gasteiger partial charge in [0.15, 0.2) is 0 Å². The van der Waals surface area contributed by atoms with Crippen molar-refractivity contribution < 1.29 is 4.79 Å². The third-order valence-corrected chi connectivity index (χ3v) is 2.21. The normalized spacial score (nSPS) is 15.4. The number of nitrogens with zero attached hydrogens (tertiary/aromatic N) is 2. The average Bonchev–Trinajstić information content (AvgIpc) is 2.20. The second-order valence-electron chi connectivity index (χ2n) is 3.57. The number of hydrogen-bond donors (Lipinski definition) is 0. The Kier molecular flexibility index (Phi) is 5.12. The Balaban J connectivity index is 2.19. The Morgan fingerprint density at radius 1 is 1.50 bits per heavy atom. The summed E-state index contributed by atoms with van der Waals surface area (Å²) >= 11 is 0. The molecule has 0 N–H and O–H groups in total. The van der Waals surface area contributed by atoms with Crippen molar-refractivity contribution in [3.05, 3.63) is 0 Å². The molecule has 0 aromatic heterocycles. The predicted molar refractivity (Wildman–Crippen MR) is 59.2 cm³/mol. The van der Waals surface area contributed by atoms with E-state index < -0.39 is 0 Å². The zero-order valence-electron chi connectivity index (χ0n) is 8.83. The van der Waals surface area contributed by atoms with Crippen molar-refractivity contribution in [2.24, 2.45) is 9.98 Å². The average molecular weight is 194 g/mol. The molecule has 0 aliphatic carbocycles. The lowest BCUT2D eigenvalue weighted by molar-refractivity contribution is -0.118. The van der Waals surface area contributed by atoms with Gasteiger partial charge in [0.1, 0.15) is 11.6 Å². The van der Waals surface area contributed by atoms with Gasteiger partial charge in [-0.05, 0) is 6.42 Å². The molecule has 0 spiro atoms. The van der Waals surface area contributed by atoms with Crippen LogP contribution in [0.2, 0.25) is 0 Å². The van der Waals surface area contributed by atoms with E-state index in [2.05, 4.69) is 16.9 Å². The summed E-state index contributed by atoms with van der Waals surface area (Å²) in [5.74, 6) is 0.994. The van der Waals surface area contributed by atoms with Crippen molar-refractivity contribution in [2.45, 2.75) is 45.4 Å². The molecule has 14 heavy (non-hydrogen) atoms. The molecule has 0 aromatic rings. The Labute approximate surface area is 85.3 Å². The number of amidine groups is 1. The first kappa shape index (κ1) is 11.1. The molecule has 3 heteroatoms. The molecule has 0 radical (unpaired) electrons. The van der Waals surface area contributed by atoms with Crippen molar-refractivity contribution >= 4 is 17.8 Å². The number of rotatable bonds is 6. The number of aliphatic imine (C=N–C) groups is 2. The maximum absolute atomic E-state index is 11.4. The fraction of sp³-hybridized carbons (Fsp3) is 0.727. The molecule has 0 unspecified atom stereocenters. The molecule has 0 atom stereocenters. The fourth-order valence-electron chi connectivity index (χ4n) is 1.40. The van der Waals surface area contributed by atoms with Crippen LogP contribution in [0.4, 0.5) is 0 Å². The van der Waals surface area contributed by atoms with Gasteiger partial charge in [-0.25, -0.2) is 4.99 Å². The summed E-state index contributed by atoms with van der Waals surface area (Å²) in [6, 6.07) is 0. The third kappa shape index (κ3) is 4.30. The molecule has 0 saturated carbocycles. The highest BCUT2D eigenvalue weighted by Gasteiger charge is 2.07. The highest BCUT2D eigenvalue weighted by Crippen LogP contribution is 2.04. The summed E-state index contributed by atoms with van der Waals surface area (Å²) in [5, 5.41) is 0. The van der Waals surface area contributed by atoms with Gasteiger partial charge in [-0.15, -0.1) is 0 Å². The van der Waals surface area contributed by atoms with E-state index in [0.29, 0.717) is 12.8 Å². The smallest absolute Gasteiger partial charge is 0.140 e. The highest BCUT2D eigenvalue weighted by atomic mass is 16.1. The van der Waals surface area contributed by atoms with Crippen LogP contribution in [0.15, 0.2) is 9.98 Å². The van der Waals surface area contributed by atoms with Gasteiger partial charge in [0.05, 0.1) is 6.42 Å². The molecule has 78 valence electrons. The van der Waals surface area contributed by atoms with Gasteiger partial charge in [-0.2, -0.15) is 0 Å². The Morgan fingerprint density at radius 3 is 3.00 bits per heavy atom. The first-order valence-corrected chi connectivity index (χ1v) is 5.40. The molecule has 3 nitrogen and oxygen atoms in total. The van der Waals surface area contributed by atoms with Crippen molar-refractivity contribution in [1.82, 2.24) is 0 Å². The summed E-state index contributed by atoms with van der Waals surface area (Å²) in [6.07, 6.45) is 7.18. The van der Waals surface area contributed by atoms with E-state index in [1.54, 1.807) is 0 Å². The van der Waals surface area contributed by atoms with Crippen LogP contribution in [-0.4, -0.2) is 24.4 Å². The van der Waals surface area contributed by atoms with Crippen LogP contribution in [0.3, 0.4) is 0 Å². The largest absolute Gasteiger partial charge is 0.299 e. The number of unbranched alkanes of at least 4 members (excludes halogenated alkanes) is 2. The van der Waals surface area contributed by atoms with E-state index >= 15 is 0 Å². The van der Waals surface area contributed by atoms with Gasteiger partial charge >= 0.3 is 0 Å². The molecule has 0 fully saturated rings. The van der Waals surface area contributed by atoms with E-state index in [4.69, 9.17) is 0 Å². The molecular weight excluding hydrogens is 176 g/mol. The number of Topliss-reactive ketones (excluding diaryl/α,β-unsaturated/α-hetero) is 1. The van der Waals surface area contributed by atoms with E-state index in [1.165, 1.54) is 0 Å². The summed E-state index contributed by atoms with van der Waals surface area (Å²) in [4.78, 5) is 19.7. The van der Waals surface area contributed by atoms with Crippen LogP contribution in [0, 0.1) is 0 Å². The Morgan fingerprint density at radius 2 is 2.36 bits per heavy atom. The molecule has 0 aromatic carbocycles. The number of carbonyl (C=O) groups excluding carboxylic acids is 1. The quantitative estimate of drug-likeness (QED) is 0.598. The van der Waals surface area contributed by atoms with Gasteiger partial charge in [-0.1, -0.05) is 19.8 Å². The Hall–Kier alpha value is -0.990. The zero-order valence-corrected chi connectivity index (χ0v) is 8.83. The third-order valence-electron chi connectivity index (χ3n) is 2.21. The van der Waals surface area contributed by atoms with Crippen molar-refractivity contribution in [1.29, 1.82) is 0 Å². The molecule has 0 bridgehead atoms. The minimum Gasteiger partial charge on any atom is -0.299 e. The van der Waals surface area contributed by atoms with E-state index in [1.807, 2.05) is 6.21 Å². The van der Waals surface area contributed by atoms with Gasteiger partial charge in [0.25, 0.3) is 0 Å². The summed E-state index contributed by atoms with van der Waals surface area (Å²) < 4.78 is 0. The standard InChI is InChI=1S/C11H18N2O/c1-2-3-4-6-10(14)9-11-12-7-5-8-13-11/h7H,2-6,8-9H2,1H3. The van der Waals surface area contributed by atoms with Gasteiger partial charge < -0.3 is 0 Å². The van der Waals surface area contributed by atoms with Crippen LogP contribution < -0.4 is 0 Å². The van der Waals surface area contributed by atoms with Gasteiger partial charge in [0, 0.05) is 25.6 Å². The predicted octanol–water partition coefficient (Wildman–Crippen LogP) is 2.40. The molecular formula is C11H18N2O. The van der Waals surface area contributed by atoms with Crippen LogP contribution in [0.1, 0.15) is 45.4 Å². The minimum atomic E-state index is 0.274. The molecule has 0 saturated heterocycles. The van der Waals surface area contributed by atoms with Gasteiger partial charge in [0.2, 0.25) is 0 Å². The highest BCUT2D eigenvalue weighted by molar-refractivity contribution is 6.04. The second-order valence-corrected chi connectivity index (χ2v) is 3.57. The summed E-state index contributed by atoms with van der Waals surface area (Å²) in [5.41, 5.74) is 0. The second kappa shape index (κ2) is 6.46. The zero-order chi connectivity index (χ0) is 10.2. The van der Waals surface area contributed by atoms with E-state index in [9.17, 15) is 4.79 Å². The molecule has 0 amide bonds. The Bertz CT molecular complexity index is 244. The number of ketones is 1. The van der Waals surface area contributed by atoms with Crippen molar-refractivity contribution in [3.8, 4) is 0 Å². The molecule has 1 aliphatic heterocycles. The maximum Gasteiger partial charge on any atom is 0.140 e. The molecule has 1 rings (SSSR count). The van der Waals surface area contributed by atoms with Crippen molar-refractivity contribution in [3.63, 3.8) is 0 Å². The van der Waals surface area contributed by atoms with Crippen LogP contribution >= 0.6 is 0 Å². The summed E-state index contributed by atoms with van der Waals surface area (Å²) in [7, 11) is 0.